The van der Waals surface area contributed by atoms with Crippen molar-refractivity contribution in [3.63, 3.8) is 0 Å². The van der Waals surface area contributed by atoms with Crippen LogP contribution in [0.15, 0.2) is 23.3 Å². The van der Waals surface area contributed by atoms with Crippen LogP contribution < -0.4 is 0 Å². The van der Waals surface area contributed by atoms with Crippen molar-refractivity contribution >= 4 is 11.8 Å². The third-order valence-electron chi connectivity index (χ3n) is 3.70. The molecule has 0 unspecified atom stereocenters. The summed E-state index contributed by atoms with van der Waals surface area (Å²) in [7, 11) is 0. The molecule has 3 heteroatoms. The van der Waals surface area contributed by atoms with Crippen molar-refractivity contribution in [1.29, 1.82) is 0 Å². The molecule has 0 saturated heterocycles. The van der Waals surface area contributed by atoms with Crippen molar-refractivity contribution in [3.8, 4) is 0 Å². The second-order valence-electron chi connectivity index (χ2n) is 6.64. The first-order valence-corrected chi connectivity index (χ1v) is 7.23. The zero-order chi connectivity index (χ0) is 15.5. The Kier molecular flexibility index (Phi) is 5.32. The highest BCUT2D eigenvalue weighted by atomic mass is 16.5. The van der Waals surface area contributed by atoms with E-state index in [4.69, 9.17) is 4.74 Å². The maximum absolute atomic E-state index is 11.7. The minimum atomic E-state index is -0.138. The van der Waals surface area contributed by atoms with Crippen LogP contribution in [0.2, 0.25) is 0 Å². The van der Waals surface area contributed by atoms with Crippen LogP contribution in [-0.4, -0.2) is 17.9 Å². The van der Waals surface area contributed by atoms with Gasteiger partial charge in [0.2, 0.25) is 0 Å². The Morgan fingerprint density at radius 3 is 2.40 bits per heavy atom. The Bertz CT molecular complexity index is 453. The average Bonchev–Trinajstić information content (AvgIpc) is 2.25. The van der Waals surface area contributed by atoms with Gasteiger partial charge in [-0.1, -0.05) is 39.3 Å². The molecular weight excluding hydrogens is 252 g/mol. The molecule has 0 spiro atoms. The Morgan fingerprint density at radius 2 is 1.95 bits per heavy atom. The number of hydrogen-bond acceptors (Lipinski definition) is 3. The maximum Gasteiger partial charge on any atom is 0.308 e. The highest BCUT2D eigenvalue weighted by molar-refractivity contribution is 5.87. The van der Waals surface area contributed by atoms with Gasteiger partial charge >= 0.3 is 5.97 Å². The van der Waals surface area contributed by atoms with Crippen LogP contribution in [0.5, 0.6) is 0 Å². The van der Waals surface area contributed by atoms with Gasteiger partial charge in [-0.15, -0.1) is 0 Å². The number of carbonyl (C=O) groups is 2. The molecule has 3 nitrogen and oxygen atoms in total. The van der Waals surface area contributed by atoms with Crippen molar-refractivity contribution in [2.75, 3.05) is 0 Å². The van der Waals surface area contributed by atoms with Crippen molar-refractivity contribution < 1.29 is 14.3 Å². The van der Waals surface area contributed by atoms with Crippen molar-refractivity contribution in [3.05, 3.63) is 23.3 Å². The molecule has 0 heterocycles. The van der Waals surface area contributed by atoms with Crippen molar-refractivity contribution in [2.45, 2.75) is 60.5 Å². The molecule has 0 aromatic rings. The van der Waals surface area contributed by atoms with Crippen LogP contribution in [0, 0.1) is 11.3 Å². The van der Waals surface area contributed by atoms with Gasteiger partial charge in [-0.25, -0.2) is 0 Å². The summed E-state index contributed by atoms with van der Waals surface area (Å²) in [5.74, 6) is -0.183. The normalized spacial score (nSPS) is 22.4. The van der Waals surface area contributed by atoms with Crippen LogP contribution in [0.4, 0.5) is 0 Å². The van der Waals surface area contributed by atoms with Gasteiger partial charge in [-0.2, -0.15) is 0 Å². The first-order valence-electron chi connectivity index (χ1n) is 7.23. The Hall–Kier alpha value is -1.38. The fourth-order valence-corrected chi connectivity index (χ4v) is 2.73. The molecule has 0 fully saturated rings. The highest BCUT2D eigenvalue weighted by Gasteiger charge is 2.34. The SMILES string of the molecule is CC(=O)/C=C/C1=C(C)C[C@@H](OC(=O)C(C)C)CC1(C)C. The summed E-state index contributed by atoms with van der Waals surface area (Å²) < 4.78 is 5.57. The Labute approximate surface area is 122 Å². The van der Waals surface area contributed by atoms with Crippen LogP contribution in [-0.2, 0) is 14.3 Å². The van der Waals surface area contributed by atoms with E-state index in [0.717, 1.165) is 12.8 Å². The van der Waals surface area contributed by atoms with Crippen LogP contribution in [0.25, 0.3) is 0 Å². The Morgan fingerprint density at radius 1 is 1.35 bits per heavy atom. The van der Waals surface area contributed by atoms with Crippen LogP contribution in [0.1, 0.15) is 54.4 Å². The van der Waals surface area contributed by atoms with Gasteiger partial charge in [-0.3, -0.25) is 9.59 Å². The summed E-state index contributed by atoms with van der Waals surface area (Å²) in [4.78, 5) is 22.8. The molecular formula is C17H26O3. The van der Waals surface area contributed by atoms with E-state index < -0.39 is 0 Å². The molecule has 0 amide bonds. The standard InChI is InChI=1S/C17H26O3/c1-11(2)16(19)20-14-9-12(3)15(8-7-13(4)18)17(5,6)10-14/h7-8,11,14H,9-10H2,1-6H3/b8-7+/t14-/m1/s1. The molecule has 1 rings (SSSR count). The number of carbonyl (C=O) groups excluding carboxylic acids is 2. The molecule has 20 heavy (non-hydrogen) atoms. The number of ether oxygens (including phenoxy) is 1. The lowest BCUT2D eigenvalue weighted by molar-refractivity contribution is -0.154. The average molecular weight is 278 g/mol. The number of rotatable bonds is 4. The fraction of sp³-hybridized carbons (Fsp3) is 0.647. The predicted molar refractivity (Wildman–Crippen MR) is 80.3 cm³/mol. The minimum Gasteiger partial charge on any atom is -0.462 e. The van der Waals surface area contributed by atoms with E-state index in [1.807, 2.05) is 19.9 Å². The number of esters is 1. The van der Waals surface area contributed by atoms with Gasteiger partial charge in [0.25, 0.3) is 0 Å². The molecule has 0 aromatic carbocycles. The number of hydrogen-bond donors (Lipinski definition) is 0. The van der Waals surface area contributed by atoms with Gasteiger partial charge in [-0.05, 0) is 37.3 Å². The van der Waals surface area contributed by atoms with Gasteiger partial charge in [0.05, 0.1) is 5.92 Å². The molecule has 0 bridgehead atoms. The van der Waals surface area contributed by atoms with E-state index in [2.05, 4.69) is 20.8 Å². The molecule has 1 atom stereocenters. The zero-order valence-electron chi connectivity index (χ0n) is 13.4. The second-order valence-corrected chi connectivity index (χ2v) is 6.64. The topological polar surface area (TPSA) is 43.4 Å². The smallest absolute Gasteiger partial charge is 0.308 e. The number of allylic oxidation sites excluding steroid dienone is 3. The summed E-state index contributed by atoms with van der Waals surface area (Å²) in [6, 6.07) is 0. The minimum absolute atomic E-state index is 0.0504. The summed E-state index contributed by atoms with van der Waals surface area (Å²) in [6.07, 6.45) is 5.01. The molecule has 0 aliphatic heterocycles. The zero-order valence-corrected chi connectivity index (χ0v) is 13.4. The largest absolute Gasteiger partial charge is 0.462 e. The lowest BCUT2D eigenvalue weighted by Gasteiger charge is -2.37. The van der Waals surface area contributed by atoms with Crippen LogP contribution in [0.3, 0.4) is 0 Å². The number of ketones is 1. The highest BCUT2D eigenvalue weighted by Crippen LogP contribution is 2.42. The maximum atomic E-state index is 11.7. The van der Waals surface area contributed by atoms with Gasteiger partial charge in [0.15, 0.2) is 5.78 Å². The monoisotopic (exact) mass is 278 g/mol. The quantitative estimate of drug-likeness (QED) is 0.579. The van der Waals surface area contributed by atoms with E-state index in [1.165, 1.54) is 11.1 Å². The van der Waals surface area contributed by atoms with E-state index in [0.29, 0.717) is 0 Å². The molecule has 0 N–H and O–H groups in total. The van der Waals surface area contributed by atoms with Crippen molar-refractivity contribution in [2.24, 2.45) is 11.3 Å². The summed E-state index contributed by atoms with van der Waals surface area (Å²) in [5, 5.41) is 0. The summed E-state index contributed by atoms with van der Waals surface area (Å²) in [6.45, 7) is 11.6. The van der Waals surface area contributed by atoms with E-state index >= 15 is 0 Å². The molecule has 112 valence electrons. The van der Waals surface area contributed by atoms with Gasteiger partial charge in [0, 0.05) is 6.42 Å². The first kappa shape index (κ1) is 16.7. The van der Waals surface area contributed by atoms with Crippen molar-refractivity contribution in [1.82, 2.24) is 0 Å². The lowest BCUT2D eigenvalue weighted by Crippen LogP contribution is -2.32. The second kappa shape index (κ2) is 6.38. The summed E-state index contributed by atoms with van der Waals surface area (Å²) in [5.41, 5.74) is 2.29. The van der Waals surface area contributed by atoms with E-state index in [1.54, 1.807) is 13.0 Å². The fourth-order valence-electron chi connectivity index (χ4n) is 2.73. The van der Waals surface area contributed by atoms with E-state index in [9.17, 15) is 9.59 Å². The molecule has 0 saturated carbocycles. The predicted octanol–water partition coefficient (Wildman–Crippen LogP) is 3.84. The summed E-state index contributed by atoms with van der Waals surface area (Å²) >= 11 is 0. The Balaban J connectivity index is 2.90. The molecule has 1 aliphatic rings. The van der Waals surface area contributed by atoms with Crippen LogP contribution >= 0.6 is 0 Å². The third kappa shape index (κ3) is 4.32. The molecule has 0 aromatic heterocycles. The molecule has 0 radical (unpaired) electrons. The van der Waals surface area contributed by atoms with E-state index in [-0.39, 0.29) is 29.2 Å². The first-order chi connectivity index (χ1) is 9.13. The third-order valence-corrected chi connectivity index (χ3v) is 3.70. The van der Waals surface area contributed by atoms with Gasteiger partial charge < -0.3 is 4.74 Å². The lowest BCUT2D eigenvalue weighted by atomic mass is 9.71. The molecule has 1 aliphatic carbocycles. The van der Waals surface area contributed by atoms with Gasteiger partial charge in [0.1, 0.15) is 6.10 Å².